The van der Waals surface area contributed by atoms with Crippen molar-refractivity contribution in [3.05, 3.63) is 87.4 Å². The predicted molar refractivity (Wildman–Crippen MR) is 141 cm³/mol. The van der Waals surface area contributed by atoms with Crippen LogP contribution in [0, 0.1) is 18.7 Å². The Kier molecular flexibility index (Phi) is 8.41. The summed E-state index contributed by atoms with van der Waals surface area (Å²) in [5.41, 5.74) is 2.52. The molecule has 3 aromatic rings. The van der Waals surface area contributed by atoms with Gasteiger partial charge in [0.05, 0.1) is 6.04 Å². The normalized spacial score (nSPS) is 15.0. The second-order valence-corrected chi connectivity index (χ2v) is 10.7. The van der Waals surface area contributed by atoms with Gasteiger partial charge in [-0.1, -0.05) is 37.6 Å². The molecule has 0 saturated heterocycles. The highest BCUT2D eigenvalue weighted by molar-refractivity contribution is 7.10. The molecule has 0 saturated carbocycles. The summed E-state index contributed by atoms with van der Waals surface area (Å²) in [6.45, 7) is 7.47. The van der Waals surface area contributed by atoms with E-state index in [2.05, 4.69) is 25.3 Å². The van der Waals surface area contributed by atoms with Crippen LogP contribution in [-0.2, 0) is 11.2 Å². The highest BCUT2D eigenvalue weighted by Crippen LogP contribution is 2.34. The summed E-state index contributed by atoms with van der Waals surface area (Å²) in [4.78, 5) is 31.6. The summed E-state index contributed by atoms with van der Waals surface area (Å²) >= 11 is 1.70. The Morgan fingerprint density at radius 3 is 2.67 bits per heavy atom. The summed E-state index contributed by atoms with van der Waals surface area (Å²) in [5.74, 6) is 0.199. The van der Waals surface area contributed by atoms with Crippen LogP contribution in [0.5, 0.6) is 5.75 Å². The second kappa shape index (κ2) is 11.7. The first-order valence-electron chi connectivity index (χ1n) is 12.4. The highest BCUT2D eigenvalue weighted by Gasteiger charge is 2.33. The molecule has 5 nitrogen and oxygen atoms in total. The fourth-order valence-electron chi connectivity index (χ4n) is 4.41. The number of ether oxygens (including phenoxy) is 1. The Labute approximate surface area is 216 Å². The van der Waals surface area contributed by atoms with Crippen LogP contribution >= 0.6 is 11.3 Å². The minimum atomic E-state index is -0.467. The van der Waals surface area contributed by atoms with Crippen molar-refractivity contribution >= 4 is 23.2 Å². The zero-order valence-corrected chi connectivity index (χ0v) is 21.9. The topological polar surface area (TPSA) is 49.9 Å². The van der Waals surface area contributed by atoms with Gasteiger partial charge < -0.3 is 14.5 Å². The summed E-state index contributed by atoms with van der Waals surface area (Å²) < 4.78 is 19.9. The molecule has 4 rings (SSSR count). The van der Waals surface area contributed by atoms with Gasteiger partial charge in [0.25, 0.3) is 5.91 Å². The van der Waals surface area contributed by atoms with E-state index in [1.165, 1.54) is 23.1 Å². The molecule has 0 bridgehead atoms. The third kappa shape index (κ3) is 6.32. The van der Waals surface area contributed by atoms with E-state index in [1.54, 1.807) is 22.3 Å². The molecule has 0 spiro atoms. The monoisotopic (exact) mass is 508 g/mol. The number of halogens is 1. The van der Waals surface area contributed by atoms with Gasteiger partial charge in [0, 0.05) is 23.5 Å². The van der Waals surface area contributed by atoms with Crippen LogP contribution < -0.4 is 4.74 Å². The van der Waals surface area contributed by atoms with Crippen molar-refractivity contribution in [3.63, 3.8) is 0 Å². The van der Waals surface area contributed by atoms with Gasteiger partial charge in [0.1, 0.15) is 24.7 Å². The molecule has 0 N–H and O–H groups in total. The summed E-state index contributed by atoms with van der Waals surface area (Å²) in [6, 6.07) is 15.4. The average Bonchev–Trinajstić information content (AvgIpc) is 3.34. The number of hydrogen-bond donors (Lipinski definition) is 0. The number of aryl methyl sites for hydroxylation is 1. The molecule has 0 aliphatic carbocycles. The molecular weight excluding hydrogens is 475 g/mol. The Bertz CT molecular complexity index is 1190. The molecule has 1 aliphatic rings. The van der Waals surface area contributed by atoms with Gasteiger partial charge in [-0.05, 0) is 73.0 Å². The van der Waals surface area contributed by atoms with Crippen LogP contribution in [0.3, 0.4) is 0 Å². The fraction of sp³-hybridized carbons (Fsp3) is 0.379. The average molecular weight is 509 g/mol. The SMILES string of the molecule is Cc1ccc(OC[C@@H]2c3ccsc3CCN2C(=O)CN(CCC(C)C)C(=O)c2cccc(F)c2)cc1. The minimum absolute atomic E-state index is 0.0530. The molecule has 2 amide bonds. The quantitative estimate of drug-likeness (QED) is 0.362. The number of carbonyl (C=O) groups is 2. The maximum Gasteiger partial charge on any atom is 0.254 e. The standard InChI is InChI=1S/C29H33FN2O3S/c1-20(2)11-14-31(29(34)22-5-4-6-23(30)17-22)18-28(33)32-15-12-27-25(13-16-36-27)26(32)19-35-24-9-7-21(3)8-10-24/h4-10,13,16-17,20,26H,11-12,14-15,18-19H2,1-3H3/t26-/m1/s1. The molecule has 0 fully saturated rings. The Hall–Kier alpha value is -3.19. The van der Waals surface area contributed by atoms with E-state index in [1.807, 2.05) is 36.1 Å². The van der Waals surface area contributed by atoms with E-state index in [9.17, 15) is 14.0 Å². The molecule has 2 aromatic carbocycles. The van der Waals surface area contributed by atoms with Crippen LogP contribution in [0.1, 0.15) is 52.7 Å². The second-order valence-electron chi connectivity index (χ2n) is 9.70. The molecule has 1 atom stereocenters. The minimum Gasteiger partial charge on any atom is -0.491 e. The van der Waals surface area contributed by atoms with E-state index in [0.717, 1.165) is 29.7 Å². The van der Waals surface area contributed by atoms with Crippen molar-refractivity contribution in [2.45, 2.75) is 39.7 Å². The lowest BCUT2D eigenvalue weighted by Crippen LogP contribution is -2.48. The van der Waals surface area contributed by atoms with Gasteiger partial charge >= 0.3 is 0 Å². The van der Waals surface area contributed by atoms with Gasteiger partial charge in [-0.3, -0.25) is 9.59 Å². The van der Waals surface area contributed by atoms with Crippen LogP contribution in [0.15, 0.2) is 60.0 Å². The lowest BCUT2D eigenvalue weighted by molar-refractivity contribution is -0.135. The molecule has 36 heavy (non-hydrogen) atoms. The van der Waals surface area contributed by atoms with Gasteiger partial charge in [0.2, 0.25) is 5.91 Å². The molecule has 0 unspecified atom stereocenters. The van der Waals surface area contributed by atoms with Crippen molar-refractivity contribution in [1.82, 2.24) is 9.80 Å². The number of thiophene rings is 1. The molecular formula is C29H33FN2O3S. The fourth-order valence-corrected chi connectivity index (χ4v) is 5.34. The summed E-state index contributed by atoms with van der Waals surface area (Å²) in [6.07, 6.45) is 1.53. The van der Waals surface area contributed by atoms with Crippen molar-refractivity contribution in [1.29, 1.82) is 0 Å². The van der Waals surface area contributed by atoms with E-state index in [0.29, 0.717) is 25.6 Å². The maximum absolute atomic E-state index is 13.8. The third-order valence-electron chi connectivity index (χ3n) is 6.51. The zero-order valence-electron chi connectivity index (χ0n) is 21.1. The van der Waals surface area contributed by atoms with E-state index >= 15 is 0 Å². The molecule has 7 heteroatoms. The molecule has 1 aliphatic heterocycles. The lowest BCUT2D eigenvalue weighted by Gasteiger charge is -2.37. The van der Waals surface area contributed by atoms with Crippen molar-refractivity contribution in [2.24, 2.45) is 5.92 Å². The smallest absolute Gasteiger partial charge is 0.254 e. The van der Waals surface area contributed by atoms with Gasteiger partial charge in [-0.15, -0.1) is 11.3 Å². The molecule has 190 valence electrons. The zero-order chi connectivity index (χ0) is 25.7. The first-order chi connectivity index (χ1) is 17.3. The first kappa shape index (κ1) is 25.9. The Morgan fingerprint density at radius 2 is 1.94 bits per heavy atom. The van der Waals surface area contributed by atoms with Crippen LogP contribution in [0.2, 0.25) is 0 Å². The van der Waals surface area contributed by atoms with Crippen molar-refractivity contribution in [2.75, 3.05) is 26.2 Å². The summed E-state index contributed by atoms with van der Waals surface area (Å²) in [5, 5.41) is 2.06. The number of rotatable bonds is 9. The van der Waals surface area contributed by atoms with Crippen molar-refractivity contribution < 1.29 is 18.7 Å². The maximum atomic E-state index is 13.8. The van der Waals surface area contributed by atoms with Gasteiger partial charge in [0.15, 0.2) is 0 Å². The van der Waals surface area contributed by atoms with Gasteiger partial charge in [-0.2, -0.15) is 0 Å². The van der Waals surface area contributed by atoms with E-state index < -0.39 is 5.82 Å². The van der Waals surface area contributed by atoms with E-state index in [4.69, 9.17) is 4.74 Å². The highest BCUT2D eigenvalue weighted by atomic mass is 32.1. The number of hydrogen-bond acceptors (Lipinski definition) is 4. The Balaban J connectivity index is 1.53. The van der Waals surface area contributed by atoms with Crippen molar-refractivity contribution in [3.8, 4) is 5.75 Å². The van der Waals surface area contributed by atoms with Crippen LogP contribution in [0.4, 0.5) is 4.39 Å². The van der Waals surface area contributed by atoms with Crippen LogP contribution in [-0.4, -0.2) is 47.9 Å². The van der Waals surface area contributed by atoms with Gasteiger partial charge in [-0.25, -0.2) is 4.39 Å². The van der Waals surface area contributed by atoms with Crippen LogP contribution in [0.25, 0.3) is 0 Å². The Morgan fingerprint density at radius 1 is 1.17 bits per heavy atom. The number of fused-ring (bicyclic) bond motifs is 1. The van der Waals surface area contributed by atoms with E-state index in [-0.39, 0.29) is 30.0 Å². The first-order valence-corrected chi connectivity index (χ1v) is 13.3. The largest absolute Gasteiger partial charge is 0.491 e. The molecule has 2 heterocycles. The third-order valence-corrected chi connectivity index (χ3v) is 7.50. The predicted octanol–water partition coefficient (Wildman–Crippen LogP) is 5.89. The number of amides is 2. The number of nitrogens with zero attached hydrogens (tertiary/aromatic N) is 2. The number of carbonyl (C=O) groups excluding carboxylic acids is 2. The summed E-state index contributed by atoms with van der Waals surface area (Å²) in [7, 11) is 0. The number of benzene rings is 2. The lowest BCUT2D eigenvalue weighted by atomic mass is 10.00. The molecule has 0 radical (unpaired) electrons. The molecule has 1 aromatic heterocycles.